The molecular formula is C25H27ClF2N4O4. The zero-order chi connectivity index (χ0) is 26.0. The van der Waals surface area contributed by atoms with E-state index in [2.05, 4.69) is 4.98 Å². The second-order valence-corrected chi connectivity index (χ2v) is 9.49. The molecule has 11 heteroatoms. The van der Waals surface area contributed by atoms with Gasteiger partial charge in [0.15, 0.2) is 0 Å². The lowest BCUT2D eigenvalue weighted by Gasteiger charge is -2.33. The quantitative estimate of drug-likeness (QED) is 0.646. The van der Waals surface area contributed by atoms with Crippen molar-refractivity contribution in [1.82, 2.24) is 19.7 Å². The number of aromatic nitrogens is 1. The van der Waals surface area contributed by atoms with Gasteiger partial charge in [-0.3, -0.25) is 9.59 Å². The maximum absolute atomic E-state index is 14.2. The highest BCUT2D eigenvalue weighted by molar-refractivity contribution is 6.30. The van der Waals surface area contributed by atoms with Gasteiger partial charge in [0.1, 0.15) is 17.3 Å². The molecule has 36 heavy (non-hydrogen) atoms. The minimum Gasteiger partial charge on any atom is -0.465 e. The lowest BCUT2D eigenvalue weighted by Crippen LogP contribution is -2.46. The molecule has 0 spiro atoms. The predicted molar refractivity (Wildman–Crippen MR) is 128 cm³/mol. The van der Waals surface area contributed by atoms with E-state index >= 15 is 0 Å². The van der Waals surface area contributed by atoms with Gasteiger partial charge in [0, 0.05) is 44.6 Å². The Labute approximate surface area is 212 Å². The van der Waals surface area contributed by atoms with Gasteiger partial charge in [-0.2, -0.15) is 0 Å². The highest BCUT2D eigenvalue weighted by Crippen LogP contribution is 2.34. The number of pyridine rings is 1. The number of hydrogen-bond donors (Lipinski definition) is 1. The lowest BCUT2D eigenvalue weighted by atomic mass is 9.93. The van der Waals surface area contributed by atoms with Crippen LogP contribution in [-0.2, 0) is 4.79 Å². The first-order chi connectivity index (χ1) is 17.2. The number of piperidine rings is 1. The average molecular weight is 521 g/mol. The number of likely N-dealkylation sites (tertiary alicyclic amines) is 2. The van der Waals surface area contributed by atoms with Crippen molar-refractivity contribution in [1.29, 1.82) is 0 Å². The van der Waals surface area contributed by atoms with Crippen molar-refractivity contribution in [3.05, 3.63) is 64.4 Å². The molecular weight excluding hydrogens is 494 g/mol. The number of rotatable bonds is 5. The van der Waals surface area contributed by atoms with E-state index in [0.29, 0.717) is 31.5 Å². The summed E-state index contributed by atoms with van der Waals surface area (Å²) in [5, 5.41) is 9.70. The van der Waals surface area contributed by atoms with Gasteiger partial charge in [0.2, 0.25) is 5.91 Å². The molecule has 0 bridgehead atoms. The molecule has 3 heterocycles. The first-order valence-electron chi connectivity index (χ1n) is 11.8. The van der Waals surface area contributed by atoms with Gasteiger partial charge in [-0.15, -0.1) is 0 Å². The Bertz CT molecular complexity index is 1140. The summed E-state index contributed by atoms with van der Waals surface area (Å²) >= 11 is 5.83. The van der Waals surface area contributed by atoms with Crippen LogP contribution in [0.15, 0.2) is 36.5 Å². The number of likely N-dealkylation sites (N-methyl/N-ethyl adjacent to an activating group) is 1. The van der Waals surface area contributed by atoms with E-state index in [4.69, 9.17) is 11.6 Å². The lowest BCUT2D eigenvalue weighted by molar-refractivity contribution is -0.136. The second kappa shape index (κ2) is 10.8. The highest BCUT2D eigenvalue weighted by atomic mass is 35.5. The maximum atomic E-state index is 14.2. The van der Waals surface area contributed by atoms with Crippen LogP contribution in [0.4, 0.5) is 13.6 Å². The fourth-order valence-corrected chi connectivity index (χ4v) is 5.23. The number of carbonyl (C=O) groups excluding carboxylic acids is 2. The van der Waals surface area contributed by atoms with Crippen molar-refractivity contribution in [2.24, 2.45) is 5.92 Å². The molecule has 2 fully saturated rings. The minimum absolute atomic E-state index is 0.0241. The van der Waals surface area contributed by atoms with Crippen molar-refractivity contribution in [3.63, 3.8) is 0 Å². The van der Waals surface area contributed by atoms with Crippen molar-refractivity contribution < 1.29 is 28.3 Å². The number of carboxylic acid groups (broad SMARTS) is 1. The molecule has 8 nitrogen and oxygen atoms in total. The van der Waals surface area contributed by atoms with Crippen LogP contribution in [0.1, 0.15) is 41.7 Å². The zero-order valence-electron chi connectivity index (χ0n) is 19.7. The van der Waals surface area contributed by atoms with Gasteiger partial charge >= 0.3 is 6.09 Å². The van der Waals surface area contributed by atoms with E-state index in [9.17, 15) is 28.3 Å². The smallest absolute Gasteiger partial charge is 0.407 e. The van der Waals surface area contributed by atoms with E-state index in [0.717, 1.165) is 6.20 Å². The van der Waals surface area contributed by atoms with E-state index in [1.54, 1.807) is 22.8 Å². The van der Waals surface area contributed by atoms with Crippen LogP contribution in [0.3, 0.4) is 0 Å². The monoisotopic (exact) mass is 520 g/mol. The third-order valence-corrected chi connectivity index (χ3v) is 7.34. The normalized spacial score (nSPS) is 20.4. The minimum atomic E-state index is -1.10. The molecule has 2 aliphatic heterocycles. The molecule has 3 amide bonds. The number of benzene rings is 1. The predicted octanol–water partition coefficient (Wildman–Crippen LogP) is 3.86. The summed E-state index contributed by atoms with van der Waals surface area (Å²) in [6, 6.07) is 6.40. The molecule has 1 aromatic carbocycles. The molecule has 0 radical (unpaired) electrons. The molecule has 2 atom stereocenters. The molecule has 0 aliphatic carbocycles. The molecule has 2 aromatic rings. The van der Waals surface area contributed by atoms with Crippen LogP contribution in [0, 0.1) is 17.6 Å². The summed E-state index contributed by atoms with van der Waals surface area (Å²) in [5.41, 5.74) is 0.735. The summed E-state index contributed by atoms with van der Waals surface area (Å²) in [6.45, 7) is 3.12. The summed E-state index contributed by atoms with van der Waals surface area (Å²) in [7, 11) is 0. The number of amides is 3. The largest absolute Gasteiger partial charge is 0.465 e. The van der Waals surface area contributed by atoms with Crippen molar-refractivity contribution in [3.8, 4) is 0 Å². The zero-order valence-corrected chi connectivity index (χ0v) is 20.5. The third-order valence-electron chi connectivity index (χ3n) is 7.04. The summed E-state index contributed by atoms with van der Waals surface area (Å²) in [6.07, 6.45) is 0.789. The van der Waals surface area contributed by atoms with Crippen LogP contribution >= 0.6 is 11.6 Å². The van der Waals surface area contributed by atoms with Gasteiger partial charge in [-0.1, -0.05) is 17.7 Å². The standard InChI is InChI=1S/C25H27ClF2N4O4/c1-2-32(25(35)36)22-14-31(13-18(22)16-3-5-19(26)20(28)11-16)23(33)15-7-9-30(10-8-15)24(34)21-6-4-17(27)12-29-21/h3-6,11-12,15,18,22H,2,7-10,13-14H2,1H3,(H,35,36)/t18-,22+/m0/s1. The first kappa shape index (κ1) is 25.8. The fraction of sp³-hybridized carbons (Fsp3) is 0.440. The highest BCUT2D eigenvalue weighted by Gasteiger charge is 2.43. The van der Waals surface area contributed by atoms with Gasteiger partial charge in [0.25, 0.3) is 5.91 Å². The van der Waals surface area contributed by atoms with Crippen molar-refractivity contribution in [2.45, 2.75) is 31.7 Å². The van der Waals surface area contributed by atoms with E-state index in [-0.39, 0.29) is 48.1 Å². The summed E-state index contributed by atoms with van der Waals surface area (Å²) < 4.78 is 27.3. The third kappa shape index (κ3) is 5.28. The molecule has 1 N–H and O–H groups in total. The van der Waals surface area contributed by atoms with Crippen LogP contribution in [0.25, 0.3) is 0 Å². The Kier molecular flexibility index (Phi) is 7.73. The Morgan fingerprint density at radius 3 is 2.42 bits per heavy atom. The summed E-state index contributed by atoms with van der Waals surface area (Å²) in [5.74, 6) is -2.26. The Hall–Kier alpha value is -3.27. The van der Waals surface area contributed by atoms with Crippen LogP contribution in [-0.4, -0.2) is 81.5 Å². The van der Waals surface area contributed by atoms with Gasteiger partial charge < -0.3 is 19.8 Å². The Morgan fingerprint density at radius 1 is 1.11 bits per heavy atom. The maximum Gasteiger partial charge on any atom is 0.407 e. The Morgan fingerprint density at radius 2 is 1.83 bits per heavy atom. The van der Waals surface area contributed by atoms with Crippen LogP contribution < -0.4 is 0 Å². The Balaban J connectivity index is 1.45. The van der Waals surface area contributed by atoms with Crippen LogP contribution in [0.2, 0.25) is 5.02 Å². The topological polar surface area (TPSA) is 94.0 Å². The molecule has 2 saturated heterocycles. The number of nitrogens with zero attached hydrogens (tertiary/aromatic N) is 4. The molecule has 2 aliphatic rings. The van der Waals surface area contributed by atoms with Gasteiger partial charge in [-0.25, -0.2) is 18.6 Å². The molecule has 192 valence electrons. The van der Waals surface area contributed by atoms with Gasteiger partial charge in [0.05, 0.1) is 17.3 Å². The van der Waals surface area contributed by atoms with Crippen molar-refractivity contribution >= 4 is 29.5 Å². The number of halogens is 3. The van der Waals surface area contributed by atoms with Crippen LogP contribution in [0.5, 0.6) is 0 Å². The van der Waals surface area contributed by atoms with E-state index < -0.39 is 29.7 Å². The first-order valence-corrected chi connectivity index (χ1v) is 12.2. The molecule has 1 aromatic heterocycles. The second-order valence-electron chi connectivity index (χ2n) is 9.09. The SMILES string of the molecule is CCN(C(=O)O)[C@@H]1CN(C(=O)C2CCN(C(=O)c3ccc(F)cn3)CC2)C[C@H]1c1ccc(Cl)c(F)c1. The molecule has 0 saturated carbocycles. The molecule has 4 rings (SSSR count). The van der Waals surface area contributed by atoms with Gasteiger partial charge in [-0.05, 0) is 49.6 Å². The average Bonchev–Trinajstić information content (AvgIpc) is 3.30. The van der Waals surface area contributed by atoms with E-state index in [1.165, 1.54) is 29.2 Å². The number of hydrogen-bond acceptors (Lipinski definition) is 4. The van der Waals surface area contributed by atoms with E-state index in [1.807, 2.05) is 0 Å². The molecule has 0 unspecified atom stereocenters. The van der Waals surface area contributed by atoms with Crippen molar-refractivity contribution in [2.75, 3.05) is 32.7 Å². The fourth-order valence-electron chi connectivity index (χ4n) is 5.12. The summed E-state index contributed by atoms with van der Waals surface area (Å²) in [4.78, 5) is 46.3. The number of carbonyl (C=O) groups is 3.